The van der Waals surface area contributed by atoms with E-state index >= 15 is 0 Å². The van der Waals surface area contributed by atoms with Crippen LogP contribution in [0.2, 0.25) is 10.3 Å². The monoisotopic (exact) mass is 270 g/mol. The molecular weight excluding hydrogens is 259 g/mol. The third-order valence-electron chi connectivity index (χ3n) is 2.93. The molecule has 0 bridgehead atoms. The van der Waals surface area contributed by atoms with Crippen LogP contribution in [-0.2, 0) is 6.42 Å². The zero-order valence-corrected chi connectivity index (χ0v) is 11.0. The molecule has 1 aliphatic rings. The minimum absolute atomic E-state index is 0.444. The minimum Gasteiger partial charge on any atom is -0.199 e. The topological polar surface area (TPSA) is 43.1 Å². The number of aromatic nitrogens is 4. The molecule has 0 spiro atoms. The summed E-state index contributed by atoms with van der Waals surface area (Å²) >= 11 is 12.4. The Morgan fingerprint density at radius 1 is 1.29 bits per heavy atom. The molecule has 0 radical (unpaired) electrons. The summed E-state index contributed by atoms with van der Waals surface area (Å²) in [5.74, 6) is 1.83. The SMILES string of the molecule is CCCc1c(Cl)nc2nc(C3CC3)nn2c1Cl. The van der Waals surface area contributed by atoms with E-state index in [-0.39, 0.29) is 0 Å². The molecule has 1 saturated carbocycles. The molecule has 2 aromatic heterocycles. The van der Waals surface area contributed by atoms with E-state index in [4.69, 9.17) is 23.2 Å². The van der Waals surface area contributed by atoms with Crippen LogP contribution in [0.3, 0.4) is 0 Å². The van der Waals surface area contributed by atoms with Crippen molar-refractivity contribution >= 4 is 29.0 Å². The maximum absolute atomic E-state index is 6.30. The van der Waals surface area contributed by atoms with Crippen LogP contribution in [0, 0.1) is 0 Å². The number of hydrogen-bond acceptors (Lipinski definition) is 3. The van der Waals surface area contributed by atoms with E-state index in [1.807, 2.05) is 0 Å². The molecule has 1 fully saturated rings. The van der Waals surface area contributed by atoms with Gasteiger partial charge in [0.05, 0.1) is 0 Å². The van der Waals surface area contributed by atoms with Gasteiger partial charge in [0.2, 0.25) is 0 Å². The third-order valence-corrected chi connectivity index (χ3v) is 3.63. The molecule has 0 aliphatic heterocycles. The van der Waals surface area contributed by atoms with Gasteiger partial charge in [0.15, 0.2) is 5.82 Å². The van der Waals surface area contributed by atoms with Gasteiger partial charge in [0.25, 0.3) is 5.78 Å². The van der Waals surface area contributed by atoms with Gasteiger partial charge in [0, 0.05) is 11.5 Å². The van der Waals surface area contributed by atoms with E-state index in [9.17, 15) is 0 Å². The maximum Gasteiger partial charge on any atom is 0.255 e. The number of hydrogen-bond donors (Lipinski definition) is 0. The predicted octanol–water partition coefficient (Wildman–Crippen LogP) is 3.26. The zero-order chi connectivity index (χ0) is 12.0. The molecule has 1 aliphatic carbocycles. The number of rotatable bonds is 3. The highest BCUT2D eigenvalue weighted by Gasteiger charge is 2.29. The van der Waals surface area contributed by atoms with Crippen LogP contribution in [0.5, 0.6) is 0 Å². The number of nitrogens with zero attached hydrogens (tertiary/aromatic N) is 4. The summed E-state index contributed by atoms with van der Waals surface area (Å²) in [5.41, 5.74) is 0.857. The van der Waals surface area contributed by atoms with E-state index in [2.05, 4.69) is 22.0 Å². The van der Waals surface area contributed by atoms with Crippen LogP contribution in [0.15, 0.2) is 0 Å². The van der Waals surface area contributed by atoms with Gasteiger partial charge in [0.1, 0.15) is 10.3 Å². The van der Waals surface area contributed by atoms with Gasteiger partial charge in [-0.1, -0.05) is 36.5 Å². The van der Waals surface area contributed by atoms with Crippen molar-refractivity contribution in [3.05, 3.63) is 21.7 Å². The summed E-state index contributed by atoms with van der Waals surface area (Å²) in [7, 11) is 0. The molecule has 0 aromatic carbocycles. The standard InChI is InChI=1S/C11H12Cl2N4/c1-2-3-7-8(12)14-11-15-10(6-4-5-6)16-17(11)9(7)13/h6H,2-5H2,1H3. The first-order valence-corrected chi connectivity index (χ1v) is 6.56. The quantitative estimate of drug-likeness (QED) is 0.805. The smallest absolute Gasteiger partial charge is 0.199 e. The second-order valence-electron chi connectivity index (χ2n) is 4.38. The lowest BCUT2D eigenvalue weighted by molar-refractivity contribution is 0.842. The Morgan fingerprint density at radius 3 is 2.71 bits per heavy atom. The Balaban J connectivity index is 2.17. The van der Waals surface area contributed by atoms with Crippen molar-refractivity contribution in [3.8, 4) is 0 Å². The van der Waals surface area contributed by atoms with Crippen LogP contribution in [-0.4, -0.2) is 19.6 Å². The maximum atomic E-state index is 6.30. The van der Waals surface area contributed by atoms with Gasteiger partial charge in [-0.3, -0.25) is 0 Å². The molecule has 0 saturated heterocycles. The molecule has 4 nitrogen and oxygen atoms in total. The molecule has 2 heterocycles. The summed E-state index contributed by atoms with van der Waals surface area (Å²) < 4.78 is 1.60. The van der Waals surface area contributed by atoms with Crippen LogP contribution in [0.4, 0.5) is 0 Å². The summed E-state index contributed by atoms with van der Waals surface area (Å²) in [4.78, 5) is 8.63. The van der Waals surface area contributed by atoms with Gasteiger partial charge in [-0.2, -0.15) is 14.5 Å². The zero-order valence-electron chi connectivity index (χ0n) is 9.45. The predicted molar refractivity (Wildman–Crippen MR) is 66.8 cm³/mol. The van der Waals surface area contributed by atoms with Crippen molar-refractivity contribution in [2.45, 2.75) is 38.5 Å². The summed E-state index contributed by atoms with van der Waals surface area (Å²) in [6.45, 7) is 2.08. The first-order valence-electron chi connectivity index (χ1n) is 5.81. The summed E-state index contributed by atoms with van der Waals surface area (Å²) in [6.07, 6.45) is 4.09. The van der Waals surface area contributed by atoms with Crippen molar-refractivity contribution in [2.24, 2.45) is 0 Å². The third kappa shape index (κ3) is 1.89. The Hall–Kier alpha value is -0.870. The fourth-order valence-corrected chi connectivity index (χ4v) is 2.47. The Kier molecular flexibility index (Phi) is 2.71. The van der Waals surface area contributed by atoms with Gasteiger partial charge in [-0.05, 0) is 19.3 Å². The molecule has 3 rings (SSSR count). The molecule has 0 amide bonds. The van der Waals surface area contributed by atoms with E-state index in [1.54, 1.807) is 4.52 Å². The molecule has 0 atom stereocenters. The lowest BCUT2D eigenvalue weighted by atomic mass is 10.2. The van der Waals surface area contributed by atoms with E-state index < -0.39 is 0 Å². The van der Waals surface area contributed by atoms with E-state index in [1.165, 1.54) is 0 Å². The second-order valence-corrected chi connectivity index (χ2v) is 5.09. The number of fused-ring (bicyclic) bond motifs is 1. The van der Waals surface area contributed by atoms with E-state index in [0.717, 1.165) is 37.1 Å². The summed E-state index contributed by atoms with van der Waals surface area (Å²) in [6, 6.07) is 0. The summed E-state index contributed by atoms with van der Waals surface area (Å²) in [5, 5.41) is 5.40. The van der Waals surface area contributed by atoms with Crippen molar-refractivity contribution in [1.82, 2.24) is 19.6 Å². The van der Waals surface area contributed by atoms with Gasteiger partial charge in [-0.25, -0.2) is 0 Å². The van der Waals surface area contributed by atoms with Crippen molar-refractivity contribution in [1.29, 1.82) is 0 Å². The molecule has 6 heteroatoms. The fourth-order valence-electron chi connectivity index (χ4n) is 1.86. The molecule has 0 unspecified atom stereocenters. The van der Waals surface area contributed by atoms with Crippen molar-refractivity contribution in [3.63, 3.8) is 0 Å². The van der Waals surface area contributed by atoms with Gasteiger partial charge < -0.3 is 0 Å². The van der Waals surface area contributed by atoms with Crippen LogP contribution in [0.25, 0.3) is 5.78 Å². The Morgan fingerprint density at radius 2 is 2.06 bits per heavy atom. The van der Waals surface area contributed by atoms with Gasteiger partial charge in [-0.15, -0.1) is 5.10 Å². The largest absolute Gasteiger partial charge is 0.255 e. The number of halogens is 2. The molecular formula is C11H12Cl2N4. The molecule has 90 valence electrons. The van der Waals surface area contributed by atoms with Crippen molar-refractivity contribution < 1.29 is 0 Å². The lowest BCUT2D eigenvalue weighted by Gasteiger charge is -2.05. The normalized spacial score (nSPS) is 15.7. The fraction of sp³-hybridized carbons (Fsp3) is 0.545. The second kappa shape index (κ2) is 4.10. The van der Waals surface area contributed by atoms with E-state index in [0.29, 0.717) is 22.0 Å². The lowest BCUT2D eigenvalue weighted by Crippen LogP contribution is -2.00. The highest BCUT2D eigenvalue weighted by atomic mass is 35.5. The minimum atomic E-state index is 0.444. The van der Waals surface area contributed by atoms with Crippen molar-refractivity contribution in [2.75, 3.05) is 0 Å². The van der Waals surface area contributed by atoms with Gasteiger partial charge >= 0.3 is 0 Å². The average molecular weight is 271 g/mol. The highest BCUT2D eigenvalue weighted by Crippen LogP contribution is 2.38. The molecule has 0 N–H and O–H groups in total. The first kappa shape index (κ1) is 11.2. The van der Waals surface area contributed by atoms with Crippen LogP contribution < -0.4 is 0 Å². The Bertz CT molecular complexity index is 574. The molecule has 2 aromatic rings. The first-order chi connectivity index (χ1) is 8.20. The average Bonchev–Trinajstić information content (AvgIpc) is 3.06. The van der Waals surface area contributed by atoms with Crippen LogP contribution in [0.1, 0.15) is 43.5 Å². The molecule has 17 heavy (non-hydrogen) atoms. The highest BCUT2D eigenvalue weighted by molar-refractivity contribution is 6.34. The Labute approximate surface area is 109 Å². The van der Waals surface area contributed by atoms with Crippen LogP contribution >= 0.6 is 23.2 Å².